The summed E-state index contributed by atoms with van der Waals surface area (Å²) in [6.45, 7) is 5.65. The number of ether oxygens (including phenoxy) is 1. The Morgan fingerprint density at radius 2 is 2.00 bits per heavy atom. The van der Waals surface area contributed by atoms with Crippen LogP contribution in [0.5, 0.6) is 0 Å². The van der Waals surface area contributed by atoms with Gasteiger partial charge in [0.15, 0.2) is 11.5 Å². The van der Waals surface area contributed by atoms with Crippen molar-refractivity contribution in [3.63, 3.8) is 0 Å². The molecule has 0 radical (unpaired) electrons. The Balaban J connectivity index is 1.72. The van der Waals surface area contributed by atoms with E-state index in [4.69, 9.17) is 9.15 Å². The molecule has 144 valence electrons. The molecule has 2 N–H and O–H groups in total. The summed E-state index contributed by atoms with van der Waals surface area (Å²) >= 11 is 0. The van der Waals surface area contributed by atoms with Crippen molar-refractivity contribution < 1.29 is 23.5 Å². The summed E-state index contributed by atoms with van der Waals surface area (Å²) in [5.74, 6) is -0.711. The minimum absolute atomic E-state index is 0.00763. The largest absolute Gasteiger partial charge is 0.451 e. The minimum atomic E-state index is -0.772. The summed E-state index contributed by atoms with van der Waals surface area (Å²) in [4.78, 5) is 37.2. The molecular formula is C20H24N2O5. The fourth-order valence-corrected chi connectivity index (χ4v) is 3.14. The molecule has 27 heavy (non-hydrogen) atoms. The van der Waals surface area contributed by atoms with Gasteiger partial charge in [-0.1, -0.05) is 32.0 Å². The van der Waals surface area contributed by atoms with Gasteiger partial charge in [0, 0.05) is 5.39 Å². The fourth-order valence-electron chi connectivity index (χ4n) is 3.14. The average Bonchev–Trinajstić information content (AvgIpc) is 3.19. The Morgan fingerprint density at radius 3 is 2.63 bits per heavy atom. The van der Waals surface area contributed by atoms with Crippen LogP contribution < -0.4 is 10.6 Å². The van der Waals surface area contributed by atoms with Crippen molar-refractivity contribution in [2.75, 3.05) is 6.61 Å². The lowest BCUT2D eigenvalue weighted by atomic mass is 10.0. The van der Waals surface area contributed by atoms with Crippen LogP contribution in [-0.4, -0.2) is 42.4 Å². The Labute approximate surface area is 157 Å². The Hall–Kier alpha value is -2.67. The van der Waals surface area contributed by atoms with E-state index in [2.05, 4.69) is 10.6 Å². The summed E-state index contributed by atoms with van der Waals surface area (Å²) in [6, 6.07) is 7.49. The number of ketones is 1. The molecule has 0 aliphatic carbocycles. The quantitative estimate of drug-likeness (QED) is 0.809. The fraction of sp³-hybridized carbons (Fsp3) is 0.450. The van der Waals surface area contributed by atoms with Crippen molar-refractivity contribution in [3.05, 3.63) is 36.1 Å². The van der Waals surface area contributed by atoms with Crippen LogP contribution in [0.15, 0.2) is 34.7 Å². The molecular weight excluding hydrogens is 348 g/mol. The minimum Gasteiger partial charge on any atom is -0.451 e. The monoisotopic (exact) mass is 372 g/mol. The zero-order chi connectivity index (χ0) is 19.6. The van der Waals surface area contributed by atoms with Gasteiger partial charge < -0.3 is 19.8 Å². The Kier molecular flexibility index (Phi) is 5.60. The number of amides is 2. The van der Waals surface area contributed by atoms with E-state index in [-0.39, 0.29) is 30.2 Å². The van der Waals surface area contributed by atoms with E-state index in [0.29, 0.717) is 12.0 Å². The highest BCUT2D eigenvalue weighted by atomic mass is 16.5. The van der Waals surface area contributed by atoms with E-state index in [1.807, 2.05) is 32.0 Å². The number of Topliss-reactive ketones (excluding diaryl/α,β-unsaturated/α-hetero) is 1. The normalized spacial score (nSPS) is 20.8. The lowest BCUT2D eigenvalue weighted by molar-refractivity contribution is -0.127. The van der Waals surface area contributed by atoms with E-state index in [0.717, 1.165) is 5.39 Å². The summed E-state index contributed by atoms with van der Waals surface area (Å²) in [6.07, 6.45) is 0.0562. The second-order valence-electron chi connectivity index (χ2n) is 7.27. The molecule has 0 bridgehead atoms. The maximum absolute atomic E-state index is 12.7. The first-order valence-corrected chi connectivity index (χ1v) is 9.09. The maximum Gasteiger partial charge on any atom is 0.287 e. The number of nitrogens with one attached hydrogen (secondary N) is 2. The van der Waals surface area contributed by atoms with Gasteiger partial charge in [0.1, 0.15) is 24.3 Å². The second kappa shape index (κ2) is 7.92. The number of carbonyl (C=O) groups excluding carboxylic acids is 3. The first-order chi connectivity index (χ1) is 12.8. The zero-order valence-corrected chi connectivity index (χ0v) is 15.7. The highest BCUT2D eigenvalue weighted by molar-refractivity contribution is 5.99. The van der Waals surface area contributed by atoms with Gasteiger partial charge >= 0.3 is 0 Å². The third kappa shape index (κ3) is 4.36. The number of carbonyl (C=O) groups is 3. The molecule has 3 rings (SSSR count). The predicted octanol–water partition coefficient (Wildman–Crippen LogP) is 2.05. The topological polar surface area (TPSA) is 97.6 Å². The number of furan rings is 1. The average molecular weight is 372 g/mol. The molecule has 1 aliphatic rings. The Bertz CT molecular complexity index is 824. The van der Waals surface area contributed by atoms with E-state index in [9.17, 15) is 14.4 Å². The van der Waals surface area contributed by atoms with Crippen molar-refractivity contribution in [2.45, 2.75) is 45.4 Å². The van der Waals surface area contributed by atoms with Gasteiger partial charge in [-0.3, -0.25) is 14.4 Å². The van der Waals surface area contributed by atoms with Crippen molar-refractivity contribution in [1.82, 2.24) is 10.6 Å². The third-order valence-corrected chi connectivity index (χ3v) is 4.58. The van der Waals surface area contributed by atoms with Gasteiger partial charge in [-0.2, -0.15) is 0 Å². The molecule has 2 heterocycles. The van der Waals surface area contributed by atoms with Crippen molar-refractivity contribution in [1.29, 1.82) is 0 Å². The molecule has 7 nitrogen and oxygen atoms in total. The second-order valence-corrected chi connectivity index (χ2v) is 7.27. The smallest absolute Gasteiger partial charge is 0.287 e. The zero-order valence-electron chi connectivity index (χ0n) is 15.7. The SMILES string of the molecule is CC(C)CC(NC(=O)c1cc2ccccc2o1)C(=O)N[C@@H]1C(=O)CO[C@@H]1C. The van der Waals surface area contributed by atoms with Gasteiger partial charge in [-0.05, 0) is 31.4 Å². The molecule has 1 aromatic heterocycles. The van der Waals surface area contributed by atoms with E-state index < -0.39 is 23.9 Å². The Morgan fingerprint density at radius 1 is 1.26 bits per heavy atom. The summed E-state index contributed by atoms with van der Waals surface area (Å²) in [5, 5.41) is 6.26. The van der Waals surface area contributed by atoms with Crippen molar-refractivity contribution in [2.24, 2.45) is 5.92 Å². The molecule has 0 spiro atoms. The molecule has 1 saturated heterocycles. The highest BCUT2D eigenvalue weighted by Crippen LogP contribution is 2.19. The maximum atomic E-state index is 12.7. The van der Waals surface area contributed by atoms with Gasteiger partial charge in [0.2, 0.25) is 5.91 Å². The number of para-hydroxylation sites is 1. The predicted molar refractivity (Wildman–Crippen MR) is 99.3 cm³/mol. The molecule has 1 fully saturated rings. The summed E-state index contributed by atoms with van der Waals surface area (Å²) in [5.41, 5.74) is 0.607. The number of hydrogen-bond donors (Lipinski definition) is 2. The molecule has 7 heteroatoms. The number of hydrogen-bond acceptors (Lipinski definition) is 5. The molecule has 1 aromatic carbocycles. The van der Waals surface area contributed by atoms with Crippen LogP contribution in [0.2, 0.25) is 0 Å². The molecule has 1 aliphatic heterocycles. The van der Waals surface area contributed by atoms with E-state index in [1.165, 1.54) is 0 Å². The third-order valence-electron chi connectivity index (χ3n) is 4.58. The standard InChI is InChI=1S/C20H24N2O5/c1-11(2)8-14(19(24)22-18-12(3)26-10-15(18)23)21-20(25)17-9-13-6-4-5-7-16(13)27-17/h4-7,9,11-12,14,18H,8,10H2,1-3H3,(H,21,25)(H,22,24)/t12-,14?,18+/m1/s1. The lowest BCUT2D eigenvalue weighted by Gasteiger charge is -2.22. The van der Waals surface area contributed by atoms with Crippen LogP contribution in [0, 0.1) is 5.92 Å². The van der Waals surface area contributed by atoms with Gasteiger partial charge in [-0.15, -0.1) is 0 Å². The molecule has 0 saturated carbocycles. The summed E-state index contributed by atoms with van der Waals surface area (Å²) in [7, 11) is 0. The van der Waals surface area contributed by atoms with Gasteiger partial charge in [0.25, 0.3) is 5.91 Å². The van der Waals surface area contributed by atoms with Gasteiger partial charge in [-0.25, -0.2) is 0 Å². The van der Waals surface area contributed by atoms with Crippen LogP contribution >= 0.6 is 0 Å². The molecule has 1 unspecified atom stereocenters. The van der Waals surface area contributed by atoms with Crippen molar-refractivity contribution >= 4 is 28.6 Å². The summed E-state index contributed by atoms with van der Waals surface area (Å²) < 4.78 is 10.8. The number of benzene rings is 1. The van der Waals surface area contributed by atoms with Gasteiger partial charge in [0.05, 0.1) is 6.10 Å². The first-order valence-electron chi connectivity index (χ1n) is 9.09. The highest BCUT2D eigenvalue weighted by Gasteiger charge is 2.36. The van der Waals surface area contributed by atoms with Crippen LogP contribution in [0.1, 0.15) is 37.7 Å². The number of fused-ring (bicyclic) bond motifs is 1. The van der Waals surface area contributed by atoms with Crippen LogP contribution in [0.4, 0.5) is 0 Å². The van der Waals surface area contributed by atoms with Crippen molar-refractivity contribution in [3.8, 4) is 0 Å². The van der Waals surface area contributed by atoms with E-state index >= 15 is 0 Å². The molecule has 3 atom stereocenters. The lowest BCUT2D eigenvalue weighted by Crippen LogP contribution is -2.53. The van der Waals surface area contributed by atoms with Crippen LogP contribution in [0.3, 0.4) is 0 Å². The van der Waals surface area contributed by atoms with Crippen LogP contribution in [-0.2, 0) is 14.3 Å². The van der Waals surface area contributed by atoms with E-state index in [1.54, 1.807) is 19.1 Å². The molecule has 2 aromatic rings. The van der Waals surface area contributed by atoms with Crippen LogP contribution in [0.25, 0.3) is 11.0 Å². The molecule has 2 amide bonds. The first kappa shape index (κ1) is 19.1. The number of rotatable bonds is 6.